The Kier molecular flexibility index (Phi) is 2.21. The molecule has 0 aliphatic rings. The van der Waals surface area contributed by atoms with Crippen LogP contribution in [0.2, 0.25) is 0 Å². The van der Waals surface area contributed by atoms with Crippen LogP contribution in [0, 0.1) is 13.8 Å². The van der Waals surface area contributed by atoms with Crippen molar-refractivity contribution in [2.45, 2.75) is 13.8 Å². The van der Waals surface area contributed by atoms with Crippen molar-refractivity contribution < 1.29 is 0 Å². The second-order valence-corrected chi connectivity index (χ2v) is 4.05. The number of hydrogen-bond acceptors (Lipinski definition) is 4. The van der Waals surface area contributed by atoms with Crippen LogP contribution in [0.15, 0.2) is 17.5 Å². The van der Waals surface area contributed by atoms with E-state index in [1.807, 2.05) is 31.4 Å². The Bertz CT molecular complexity index is 449. The predicted octanol–water partition coefficient (Wildman–Crippen LogP) is 2.40. The first-order valence-corrected chi connectivity index (χ1v) is 5.21. The topological polar surface area (TPSA) is 51.8 Å². The van der Waals surface area contributed by atoms with E-state index in [-0.39, 0.29) is 0 Å². The lowest BCUT2D eigenvalue weighted by Gasteiger charge is -2.05. The fourth-order valence-corrected chi connectivity index (χ4v) is 1.94. The van der Waals surface area contributed by atoms with Crippen LogP contribution in [0.3, 0.4) is 0 Å². The molecular weight excluding hydrogens is 194 g/mol. The summed E-state index contributed by atoms with van der Waals surface area (Å²) in [5.74, 6) is 0.510. The zero-order valence-corrected chi connectivity index (χ0v) is 8.93. The van der Waals surface area contributed by atoms with Crippen molar-refractivity contribution in [3.05, 3.63) is 28.9 Å². The first-order chi connectivity index (χ1) is 6.68. The number of aryl methyl sites for hydroxylation is 2. The maximum Gasteiger partial charge on any atom is 0.151 e. The molecular formula is C10H11N3S. The van der Waals surface area contributed by atoms with E-state index in [4.69, 9.17) is 5.73 Å². The normalized spacial score (nSPS) is 10.4. The Hall–Kier alpha value is -1.42. The highest BCUT2D eigenvalue weighted by atomic mass is 32.1. The van der Waals surface area contributed by atoms with Gasteiger partial charge >= 0.3 is 0 Å². The molecule has 4 heteroatoms. The molecule has 0 unspecified atom stereocenters. The lowest BCUT2D eigenvalue weighted by Crippen LogP contribution is -2.01. The lowest BCUT2D eigenvalue weighted by molar-refractivity contribution is 1.06. The maximum absolute atomic E-state index is 5.81. The summed E-state index contributed by atoms with van der Waals surface area (Å²) in [6.07, 6.45) is 0. The molecule has 0 aromatic carbocycles. The molecule has 2 rings (SSSR count). The van der Waals surface area contributed by atoms with Gasteiger partial charge in [0.2, 0.25) is 0 Å². The predicted molar refractivity (Wildman–Crippen MR) is 59.2 cm³/mol. The maximum atomic E-state index is 5.81. The monoisotopic (exact) mass is 205 g/mol. The molecule has 0 saturated carbocycles. The summed E-state index contributed by atoms with van der Waals surface area (Å²) in [5.41, 5.74) is 8.43. The highest BCUT2D eigenvalue weighted by Gasteiger charge is 2.08. The number of rotatable bonds is 1. The summed E-state index contributed by atoms with van der Waals surface area (Å²) in [4.78, 5) is 9.76. The van der Waals surface area contributed by atoms with Crippen molar-refractivity contribution >= 4 is 17.2 Å². The van der Waals surface area contributed by atoms with Gasteiger partial charge in [-0.3, -0.25) is 0 Å². The molecule has 72 valence electrons. The molecule has 0 amide bonds. The molecule has 0 fully saturated rings. The van der Waals surface area contributed by atoms with Crippen molar-refractivity contribution in [3.63, 3.8) is 0 Å². The lowest BCUT2D eigenvalue weighted by atomic mass is 10.3. The molecule has 0 atom stereocenters. The van der Waals surface area contributed by atoms with Gasteiger partial charge in [-0.2, -0.15) is 0 Å². The first-order valence-electron chi connectivity index (χ1n) is 4.33. The largest absolute Gasteiger partial charge is 0.382 e. The highest BCUT2D eigenvalue weighted by molar-refractivity contribution is 7.13. The molecule has 2 aromatic rings. The highest BCUT2D eigenvalue weighted by Crippen LogP contribution is 2.27. The summed E-state index contributed by atoms with van der Waals surface area (Å²) in [7, 11) is 0. The van der Waals surface area contributed by atoms with E-state index in [9.17, 15) is 0 Å². The summed E-state index contributed by atoms with van der Waals surface area (Å²) in [5, 5.41) is 2.01. The average molecular weight is 205 g/mol. The van der Waals surface area contributed by atoms with Crippen LogP contribution in [0.1, 0.15) is 11.4 Å². The van der Waals surface area contributed by atoms with Gasteiger partial charge in [0.15, 0.2) is 5.82 Å². The van der Waals surface area contributed by atoms with Gasteiger partial charge in [-0.05, 0) is 25.3 Å². The zero-order valence-electron chi connectivity index (χ0n) is 8.11. The quantitative estimate of drug-likeness (QED) is 0.777. The first kappa shape index (κ1) is 9.15. The van der Waals surface area contributed by atoms with Crippen LogP contribution in [-0.2, 0) is 0 Å². The Morgan fingerprint density at radius 1 is 1.21 bits per heavy atom. The number of nitrogens with zero attached hydrogens (tertiary/aromatic N) is 2. The molecule has 0 saturated heterocycles. The van der Waals surface area contributed by atoms with Gasteiger partial charge < -0.3 is 5.73 Å². The van der Waals surface area contributed by atoms with E-state index in [1.165, 1.54) is 0 Å². The van der Waals surface area contributed by atoms with Crippen LogP contribution in [0.5, 0.6) is 0 Å². The van der Waals surface area contributed by atoms with Gasteiger partial charge in [0.25, 0.3) is 0 Å². The van der Waals surface area contributed by atoms with E-state index >= 15 is 0 Å². The van der Waals surface area contributed by atoms with E-state index < -0.39 is 0 Å². The van der Waals surface area contributed by atoms with E-state index in [0.29, 0.717) is 5.82 Å². The summed E-state index contributed by atoms with van der Waals surface area (Å²) < 4.78 is 0. The third kappa shape index (κ3) is 1.48. The molecule has 0 radical (unpaired) electrons. The Balaban J connectivity index is 2.60. The molecule has 14 heavy (non-hydrogen) atoms. The van der Waals surface area contributed by atoms with Crippen LogP contribution >= 0.6 is 11.3 Å². The van der Waals surface area contributed by atoms with E-state index in [2.05, 4.69) is 9.97 Å². The SMILES string of the molecule is Cc1nc(N)c(-c2cccs2)nc1C. The number of aromatic nitrogens is 2. The minimum Gasteiger partial charge on any atom is -0.382 e. The van der Waals surface area contributed by atoms with Crippen molar-refractivity contribution in [1.82, 2.24) is 9.97 Å². The van der Waals surface area contributed by atoms with E-state index in [1.54, 1.807) is 11.3 Å². The van der Waals surface area contributed by atoms with Crippen molar-refractivity contribution in [2.24, 2.45) is 0 Å². The summed E-state index contributed by atoms with van der Waals surface area (Å²) >= 11 is 1.62. The van der Waals surface area contributed by atoms with Gasteiger partial charge in [-0.15, -0.1) is 11.3 Å². The Labute approximate surface area is 86.6 Å². The average Bonchev–Trinajstić information content (AvgIpc) is 2.64. The van der Waals surface area contributed by atoms with Crippen LogP contribution in [0.4, 0.5) is 5.82 Å². The standard InChI is InChI=1S/C10H11N3S/c1-6-7(2)13-10(11)9(12-6)8-4-3-5-14-8/h3-5H,1-2H3,(H2,11,13). The molecule has 0 aliphatic heterocycles. The molecule has 2 heterocycles. The van der Waals surface area contributed by atoms with Crippen molar-refractivity contribution in [1.29, 1.82) is 0 Å². The number of hydrogen-bond donors (Lipinski definition) is 1. The third-order valence-corrected chi connectivity index (χ3v) is 2.97. The fourth-order valence-electron chi connectivity index (χ4n) is 1.22. The van der Waals surface area contributed by atoms with Crippen molar-refractivity contribution in [2.75, 3.05) is 5.73 Å². The number of nitrogen functional groups attached to an aromatic ring is 1. The van der Waals surface area contributed by atoms with Gasteiger partial charge in [0, 0.05) is 0 Å². The minimum absolute atomic E-state index is 0.510. The smallest absolute Gasteiger partial charge is 0.151 e. The van der Waals surface area contributed by atoms with Gasteiger partial charge in [-0.1, -0.05) is 6.07 Å². The molecule has 0 bridgehead atoms. The van der Waals surface area contributed by atoms with Gasteiger partial charge in [0.1, 0.15) is 5.69 Å². The van der Waals surface area contributed by atoms with Crippen LogP contribution < -0.4 is 5.73 Å². The third-order valence-electron chi connectivity index (χ3n) is 2.09. The van der Waals surface area contributed by atoms with Gasteiger partial charge in [-0.25, -0.2) is 9.97 Å². The number of anilines is 1. The zero-order chi connectivity index (χ0) is 10.1. The van der Waals surface area contributed by atoms with Gasteiger partial charge in [0.05, 0.1) is 16.3 Å². The van der Waals surface area contributed by atoms with Crippen molar-refractivity contribution in [3.8, 4) is 10.6 Å². The molecule has 0 aliphatic carbocycles. The van der Waals surface area contributed by atoms with Crippen LogP contribution in [-0.4, -0.2) is 9.97 Å². The Morgan fingerprint density at radius 2 is 1.93 bits per heavy atom. The second-order valence-electron chi connectivity index (χ2n) is 3.11. The summed E-state index contributed by atoms with van der Waals surface area (Å²) in [6.45, 7) is 3.86. The minimum atomic E-state index is 0.510. The van der Waals surface area contributed by atoms with Crippen LogP contribution in [0.25, 0.3) is 10.6 Å². The summed E-state index contributed by atoms with van der Waals surface area (Å²) in [6, 6.07) is 3.98. The molecule has 2 aromatic heterocycles. The Morgan fingerprint density at radius 3 is 2.57 bits per heavy atom. The number of thiophene rings is 1. The second kappa shape index (κ2) is 3.38. The molecule has 2 N–H and O–H groups in total. The number of nitrogens with two attached hydrogens (primary N) is 1. The van der Waals surface area contributed by atoms with E-state index in [0.717, 1.165) is 22.0 Å². The molecule has 0 spiro atoms. The fraction of sp³-hybridized carbons (Fsp3) is 0.200. The molecule has 3 nitrogen and oxygen atoms in total.